The van der Waals surface area contributed by atoms with Crippen molar-refractivity contribution in [2.75, 3.05) is 11.5 Å². The number of anilines is 1. The van der Waals surface area contributed by atoms with Gasteiger partial charge in [-0.3, -0.25) is 0 Å². The Morgan fingerprint density at radius 1 is 1.62 bits per heavy atom. The Bertz CT molecular complexity index is 292. The van der Waals surface area contributed by atoms with E-state index in [1.54, 1.807) is 11.3 Å². The van der Waals surface area contributed by atoms with E-state index < -0.39 is 0 Å². The van der Waals surface area contributed by atoms with Crippen molar-refractivity contribution >= 4 is 28.2 Å². The van der Waals surface area contributed by atoms with Crippen LogP contribution in [0.25, 0.3) is 0 Å². The standard InChI is InChI=1S/C9H14N2S2/c1-6-8(13-9(10)11-6)12-5-7-3-2-4-7/h7H,2-5H2,1H3,(H2,10,11). The highest BCUT2D eigenvalue weighted by atomic mass is 32.2. The van der Waals surface area contributed by atoms with Gasteiger partial charge in [0, 0.05) is 5.75 Å². The topological polar surface area (TPSA) is 38.9 Å². The molecule has 1 aromatic rings. The van der Waals surface area contributed by atoms with E-state index in [0.29, 0.717) is 5.13 Å². The molecular weight excluding hydrogens is 200 g/mol. The molecule has 2 N–H and O–H groups in total. The Labute approximate surface area is 86.9 Å². The highest BCUT2D eigenvalue weighted by Gasteiger charge is 2.18. The maximum absolute atomic E-state index is 5.63. The molecule has 0 atom stereocenters. The molecule has 1 aromatic heterocycles. The van der Waals surface area contributed by atoms with Gasteiger partial charge in [-0.2, -0.15) is 0 Å². The van der Waals surface area contributed by atoms with Crippen LogP contribution in [0.1, 0.15) is 25.0 Å². The minimum atomic E-state index is 0.702. The molecule has 1 aliphatic rings. The van der Waals surface area contributed by atoms with Crippen LogP contribution in [0.4, 0.5) is 5.13 Å². The zero-order chi connectivity index (χ0) is 9.26. The number of aromatic nitrogens is 1. The molecule has 4 heteroatoms. The van der Waals surface area contributed by atoms with Gasteiger partial charge in [0.25, 0.3) is 0 Å². The quantitative estimate of drug-likeness (QED) is 0.786. The molecule has 1 heterocycles. The molecule has 2 nitrogen and oxygen atoms in total. The average molecular weight is 214 g/mol. The summed E-state index contributed by atoms with van der Waals surface area (Å²) in [4.78, 5) is 4.21. The van der Waals surface area contributed by atoms with E-state index in [1.165, 1.54) is 29.2 Å². The fourth-order valence-corrected chi connectivity index (χ4v) is 3.63. The second kappa shape index (κ2) is 3.88. The molecule has 0 unspecified atom stereocenters. The average Bonchev–Trinajstić information content (AvgIpc) is 2.27. The number of thioether (sulfide) groups is 1. The smallest absolute Gasteiger partial charge is 0.181 e. The molecule has 0 bridgehead atoms. The monoisotopic (exact) mass is 214 g/mol. The summed E-state index contributed by atoms with van der Waals surface area (Å²) in [5.74, 6) is 2.20. The van der Waals surface area contributed by atoms with Crippen LogP contribution in [0.5, 0.6) is 0 Å². The number of nitrogens with two attached hydrogens (primary N) is 1. The lowest BCUT2D eigenvalue weighted by Crippen LogP contribution is -2.12. The van der Waals surface area contributed by atoms with Crippen LogP contribution in [0.2, 0.25) is 0 Å². The summed E-state index contributed by atoms with van der Waals surface area (Å²) >= 11 is 3.55. The molecule has 1 aliphatic carbocycles. The Hall–Kier alpha value is -0.220. The van der Waals surface area contributed by atoms with Crippen LogP contribution in [-0.2, 0) is 0 Å². The van der Waals surface area contributed by atoms with Gasteiger partial charge in [0.1, 0.15) is 0 Å². The second-order valence-corrected chi connectivity index (χ2v) is 5.85. The molecule has 0 amide bonds. The predicted octanol–water partition coefficient (Wildman–Crippen LogP) is 2.93. The molecule has 0 aromatic carbocycles. The fraction of sp³-hybridized carbons (Fsp3) is 0.667. The number of hydrogen-bond acceptors (Lipinski definition) is 4. The van der Waals surface area contributed by atoms with Gasteiger partial charge in [0.15, 0.2) is 5.13 Å². The van der Waals surface area contributed by atoms with Crippen LogP contribution in [0, 0.1) is 12.8 Å². The number of thiazole rings is 1. The first-order valence-electron chi connectivity index (χ1n) is 4.61. The second-order valence-electron chi connectivity index (χ2n) is 3.53. The van der Waals surface area contributed by atoms with E-state index in [9.17, 15) is 0 Å². The molecule has 0 spiro atoms. The third kappa shape index (κ3) is 2.17. The molecule has 2 rings (SSSR count). The van der Waals surface area contributed by atoms with Crippen LogP contribution in [0.15, 0.2) is 4.21 Å². The first-order valence-corrected chi connectivity index (χ1v) is 6.41. The minimum absolute atomic E-state index is 0.702. The van der Waals surface area contributed by atoms with E-state index >= 15 is 0 Å². The molecule has 1 saturated carbocycles. The molecule has 1 fully saturated rings. The van der Waals surface area contributed by atoms with Crippen LogP contribution >= 0.6 is 23.1 Å². The van der Waals surface area contributed by atoms with E-state index in [1.807, 2.05) is 18.7 Å². The Kier molecular flexibility index (Phi) is 2.79. The lowest BCUT2D eigenvalue weighted by molar-refractivity contribution is 0.353. The number of rotatable bonds is 3. The Morgan fingerprint density at radius 3 is 2.85 bits per heavy atom. The first-order chi connectivity index (χ1) is 6.25. The van der Waals surface area contributed by atoms with Gasteiger partial charge in [0.2, 0.25) is 0 Å². The van der Waals surface area contributed by atoms with Crippen molar-refractivity contribution in [3.05, 3.63) is 5.69 Å². The van der Waals surface area contributed by atoms with E-state index in [-0.39, 0.29) is 0 Å². The Morgan fingerprint density at radius 2 is 2.38 bits per heavy atom. The molecule has 72 valence electrons. The van der Waals surface area contributed by atoms with Crippen molar-refractivity contribution < 1.29 is 0 Å². The Balaban J connectivity index is 1.89. The predicted molar refractivity (Wildman–Crippen MR) is 59.3 cm³/mol. The van der Waals surface area contributed by atoms with Crippen molar-refractivity contribution in [2.24, 2.45) is 5.92 Å². The third-order valence-corrected chi connectivity index (χ3v) is 5.03. The van der Waals surface area contributed by atoms with Crippen LogP contribution in [-0.4, -0.2) is 10.7 Å². The summed E-state index contributed by atoms with van der Waals surface area (Å²) < 4.78 is 1.31. The first kappa shape index (κ1) is 9.34. The molecule has 0 saturated heterocycles. The van der Waals surface area contributed by atoms with E-state index in [4.69, 9.17) is 5.73 Å². The minimum Gasteiger partial charge on any atom is -0.375 e. The van der Waals surface area contributed by atoms with Gasteiger partial charge < -0.3 is 5.73 Å². The normalized spacial score (nSPS) is 17.3. The maximum Gasteiger partial charge on any atom is 0.181 e. The molecular formula is C9H14N2S2. The maximum atomic E-state index is 5.63. The largest absolute Gasteiger partial charge is 0.375 e. The van der Waals surface area contributed by atoms with Gasteiger partial charge in [-0.1, -0.05) is 17.8 Å². The van der Waals surface area contributed by atoms with Crippen molar-refractivity contribution in [2.45, 2.75) is 30.4 Å². The van der Waals surface area contributed by atoms with Crippen molar-refractivity contribution in [1.29, 1.82) is 0 Å². The molecule has 13 heavy (non-hydrogen) atoms. The third-order valence-electron chi connectivity index (χ3n) is 2.45. The fourth-order valence-electron chi connectivity index (χ4n) is 1.39. The number of nitrogens with zero attached hydrogens (tertiary/aromatic N) is 1. The van der Waals surface area contributed by atoms with Crippen molar-refractivity contribution in [3.63, 3.8) is 0 Å². The highest BCUT2D eigenvalue weighted by molar-refractivity contribution is 8.01. The highest BCUT2D eigenvalue weighted by Crippen LogP contribution is 2.36. The summed E-state index contributed by atoms with van der Waals surface area (Å²) in [7, 11) is 0. The van der Waals surface area contributed by atoms with Gasteiger partial charge in [-0.25, -0.2) is 4.98 Å². The number of aryl methyl sites for hydroxylation is 1. The summed E-state index contributed by atoms with van der Waals surface area (Å²) in [6.45, 7) is 2.04. The lowest BCUT2D eigenvalue weighted by atomic mass is 9.87. The lowest BCUT2D eigenvalue weighted by Gasteiger charge is -2.24. The van der Waals surface area contributed by atoms with E-state index in [0.717, 1.165) is 11.6 Å². The van der Waals surface area contributed by atoms with Gasteiger partial charge in [-0.15, -0.1) is 11.8 Å². The zero-order valence-corrected chi connectivity index (χ0v) is 9.38. The van der Waals surface area contributed by atoms with Crippen molar-refractivity contribution in [3.8, 4) is 0 Å². The van der Waals surface area contributed by atoms with Crippen LogP contribution < -0.4 is 5.73 Å². The molecule has 0 radical (unpaired) electrons. The van der Waals surface area contributed by atoms with Gasteiger partial charge >= 0.3 is 0 Å². The number of nitrogen functional groups attached to an aromatic ring is 1. The zero-order valence-electron chi connectivity index (χ0n) is 7.75. The van der Waals surface area contributed by atoms with Crippen molar-refractivity contribution in [1.82, 2.24) is 4.98 Å². The summed E-state index contributed by atoms with van der Waals surface area (Å²) in [5, 5.41) is 0.702. The van der Waals surface area contributed by atoms with Gasteiger partial charge in [-0.05, 0) is 25.7 Å². The summed E-state index contributed by atoms with van der Waals surface area (Å²) in [6, 6.07) is 0. The SMILES string of the molecule is Cc1nc(N)sc1SCC1CCC1. The van der Waals surface area contributed by atoms with Crippen LogP contribution in [0.3, 0.4) is 0 Å². The summed E-state index contributed by atoms with van der Waals surface area (Å²) in [5.41, 5.74) is 6.73. The van der Waals surface area contributed by atoms with Gasteiger partial charge in [0.05, 0.1) is 9.90 Å². The summed E-state index contributed by atoms with van der Waals surface area (Å²) in [6.07, 6.45) is 4.26. The number of hydrogen-bond donors (Lipinski definition) is 1. The van der Waals surface area contributed by atoms with E-state index in [2.05, 4.69) is 4.98 Å². The molecule has 0 aliphatic heterocycles.